The van der Waals surface area contributed by atoms with E-state index in [1.54, 1.807) is 0 Å². The van der Waals surface area contributed by atoms with Crippen molar-refractivity contribution < 1.29 is 13.6 Å². The number of pyridine rings is 1. The summed E-state index contributed by atoms with van der Waals surface area (Å²) in [7, 11) is 0. The predicted molar refractivity (Wildman–Crippen MR) is 103 cm³/mol. The van der Waals surface area contributed by atoms with Gasteiger partial charge in [-0.25, -0.2) is 8.78 Å². The zero-order chi connectivity index (χ0) is 19.8. The van der Waals surface area contributed by atoms with Crippen molar-refractivity contribution in [1.29, 1.82) is 0 Å². The number of hydrogen-bond donors (Lipinski definition) is 2. The molecule has 0 aliphatic carbocycles. The first kappa shape index (κ1) is 18.3. The molecule has 0 bridgehead atoms. The number of anilines is 1. The van der Waals surface area contributed by atoms with Crippen LogP contribution >= 0.6 is 0 Å². The quantitative estimate of drug-likeness (QED) is 0.731. The monoisotopic (exact) mass is 383 g/mol. The van der Waals surface area contributed by atoms with Crippen LogP contribution in [-0.2, 0) is 17.8 Å². The molecule has 0 spiro atoms. The lowest BCUT2D eigenvalue weighted by atomic mass is 10.0. The number of fused-ring (bicyclic) bond motifs is 2. The minimum absolute atomic E-state index is 0.0132. The van der Waals surface area contributed by atoms with Crippen molar-refractivity contribution in [3.63, 3.8) is 0 Å². The molecule has 0 saturated heterocycles. The van der Waals surface area contributed by atoms with Crippen LogP contribution in [0.4, 0.5) is 14.5 Å². The maximum absolute atomic E-state index is 13.7. The Hall–Kier alpha value is -3.06. The topological polar surface area (TPSA) is 65.2 Å². The van der Waals surface area contributed by atoms with E-state index in [-0.39, 0.29) is 17.7 Å². The molecule has 2 heterocycles. The largest absolute Gasteiger partial charge is 0.358 e. The van der Waals surface area contributed by atoms with Gasteiger partial charge in [-0.2, -0.15) is 0 Å². The first-order chi connectivity index (χ1) is 13.4. The minimum Gasteiger partial charge on any atom is -0.358 e. The average Bonchev–Trinajstić information content (AvgIpc) is 2.66. The molecular formula is C21H19F2N3O2. The molecule has 144 valence electrons. The van der Waals surface area contributed by atoms with E-state index in [9.17, 15) is 18.4 Å². The van der Waals surface area contributed by atoms with Crippen molar-refractivity contribution in [3.8, 4) is 0 Å². The summed E-state index contributed by atoms with van der Waals surface area (Å²) in [6, 6.07) is 8.61. The summed E-state index contributed by atoms with van der Waals surface area (Å²) < 4.78 is 27.0. The van der Waals surface area contributed by atoms with E-state index in [0.29, 0.717) is 30.5 Å². The number of aromatic nitrogens is 1. The number of aromatic amines is 1. The highest BCUT2D eigenvalue weighted by molar-refractivity contribution is 5.92. The number of H-pyrrole nitrogens is 1. The Bertz CT molecular complexity index is 1140. The van der Waals surface area contributed by atoms with Crippen LogP contribution in [0.15, 0.2) is 41.2 Å². The van der Waals surface area contributed by atoms with E-state index in [1.807, 2.05) is 30.0 Å². The highest BCUT2D eigenvalue weighted by Crippen LogP contribution is 2.20. The fourth-order valence-corrected chi connectivity index (χ4v) is 3.57. The third-order valence-corrected chi connectivity index (χ3v) is 4.97. The van der Waals surface area contributed by atoms with Crippen LogP contribution in [-0.4, -0.2) is 28.9 Å². The number of nitrogens with zero attached hydrogens (tertiary/aromatic N) is 1. The molecule has 1 aliphatic heterocycles. The summed E-state index contributed by atoms with van der Waals surface area (Å²) in [5, 5.41) is 3.02. The zero-order valence-electron chi connectivity index (χ0n) is 15.3. The van der Waals surface area contributed by atoms with Crippen molar-refractivity contribution >= 4 is 22.5 Å². The van der Waals surface area contributed by atoms with Crippen molar-refractivity contribution in [2.75, 3.05) is 18.4 Å². The molecule has 0 radical (unpaired) electrons. The number of nitrogens with one attached hydrogen (secondary N) is 2. The van der Waals surface area contributed by atoms with Crippen LogP contribution in [0.3, 0.4) is 0 Å². The average molecular weight is 383 g/mol. The van der Waals surface area contributed by atoms with E-state index < -0.39 is 17.5 Å². The number of carbonyl (C=O) groups is 1. The summed E-state index contributed by atoms with van der Waals surface area (Å²) in [5.74, 6) is -1.78. The van der Waals surface area contributed by atoms with Crippen LogP contribution in [0, 0.1) is 18.6 Å². The molecule has 2 aromatic carbocycles. The van der Waals surface area contributed by atoms with Crippen molar-refractivity contribution in [1.82, 2.24) is 9.88 Å². The number of rotatable bonds is 3. The lowest BCUT2D eigenvalue weighted by Crippen LogP contribution is -2.39. The van der Waals surface area contributed by atoms with Gasteiger partial charge < -0.3 is 10.3 Å². The van der Waals surface area contributed by atoms with Gasteiger partial charge in [0.15, 0.2) is 5.43 Å². The molecule has 1 amide bonds. The second kappa shape index (κ2) is 7.16. The highest BCUT2D eigenvalue weighted by atomic mass is 19.1. The Balaban J connectivity index is 1.53. The van der Waals surface area contributed by atoms with Crippen LogP contribution in [0.25, 0.3) is 10.9 Å². The number of hydrogen-bond acceptors (Lipinski definition) is 3. The van der Waals surface area contributed by atoms with Crippen molar-refractivity contribution in [3.05, 3.63) is 75.1 Å². The SMILES string of the molecule is Cc1ccc2[nH]c3c(c(=O)c2c1)CN(CC(=O)Nc1cc(F)ccc1F)CC3. The molecule has 4 rings (SSSR count). The van der Waals surface area contributed by atoms with Gasteiger partial charge in [0.25, 0.3) is 0 Å². The van der Waals surface area contributed by atoms with Gasteiger partial charge in [0.05, 0.1) is 12.2 Å². The maximum atomic E-state index is 13.7. The van der Waals surface area contributed by atoms with Crippen LogP contribution in [0.2, 0.25) is 0 Å². The van der Waals surface area contributed by atoms with Gasteiger partial charge in [0, 0.05) is 47.7 Å². The van der Waals surface area contributed by atoms with Gasteiger partial charge in [-0.1, -0.05) is 11.6 Å². The Kier molecular flexibility index (Phi) is 4.68. The predicted octanol–water partition coefficient (Wildman–Crippen LogP) is 3.11. The van der Waals surface area contributed by atoms with Crippen molar-refractivity contribution in [2.45, 2.75) is 19.9 Å². The maximum Gasteiger partial charge on any atom is 0.238 e. The number of benzene rings is 2. The summed E-state index contributed by atoms with van der Waals surface area (Å²) in [4.78, 5) is 30.3. The van der Waals surface area contributed by atoms with Gasteiger partial charge in [-0.15, -0.1) is 0 Å². The first-order valence-electron chi connectivity index (χ1n) is 9.02. The molecule has 0 saturated carbocycles. The Labute approximate surface area is 160 Å². The standard InChI is InChI=1S/C21H19F2N3O2/c1-12-2-5-17-14(8-12)21(28)15-10-26(7-6-18(15)24-17)11-20(27)25-19-9-13(22)3-4-16(19)23/h2-5,8-9H,6-7,10-11H2,1H3,(H,24,28)(H,25,27). The number of aryl methyl sites for hydroxylation is 1. The third-order valence-electron chi connectivity index (χ3n) is 4.97. The van der Waals surface area contributed by atoms with Gasteiger partial charge in [-0.05, 0) is 31.2 Å². The molecule has 7 heteroatoms. The Morgan fingerprint density at radius 3 is 2.86 bits per heavy atom. The van der Waals surface area contributed by atoms with Gasteiger partial charge in [0.2, 0.25) is 5.91 Å². The molecule has 1 aliphatic rings. The fourth-order valence-electron chi connectivity index (χ4n) is 3.57. The Morgan fingerprint density at radius 2 is 2.04 bits per heavy atom. The van der Waals surface area contributed by atoms with Crippen molar-refractivity contribution in [2.24, 2.45) is 0 Å². The molecular weight excluding hydrogens is 364 g/mol. The second-order valence-corrected chi connectivity index (χ2v) is 7.09. The zero-order valence-corrected chi connectivity index (χ0v) is 15.3. The molecule has 0 fully saturated rings. The molecule has 1 aromatic heterocycles. The Morgan fingerprint density at radius 1 is 1.21 bits per heavy atom. The third kappa shape index (κ3) is 3.53. The smallest absolute Gasteiger partial charge is 0.238 e. The number of carbonyl (C=O) groups excluding carboxylic acids is 1. The summed E-state index contributed by atoms with van der Waals surface area (Å²) >= 11 is 0. The molecule has 28 heavy (non-hydrogen) atoms. The summed E-state index contributed by atoms with van der Waals surface area (Å²) in [6.07, 6.45) is 0.607. The summed E-state index contributed by atoms with van der Waals surface area (Å²) in [5.41, 5.74) is 3.11. The number of halogens is 2. The van der Waals surface area contributed by atoms with E-state index in [2.05, 4.69) is 10.3 Å². The lowest BCUT2D eigenvalue weighted by molar-refractivity contribution is -0.117. The molecule has 0 atom stereocenters. The first-order valence-corrected chi connectivity index (χ1v) is 9.02. The van der Waals surface area contributed by atoms with E-state index in [1.165, 1.54) is 0 Å². The second-order valence-electron chi connectivity index (χ2n) is 7.09. The van der Waals surface area contributed by atoms with Gasteiger partial charge >= 0.3 is 0 Å². The lowest BCUT2D eigenvalue weighted by Gasteiger charge is -2.28. The van der Waals surface area contributed by atoms with E-state index in [4.69, 9.17) is 0 Å². The van der Waals surface area contributed by atoms with Gasteiger partial charge in [-0.3, -0.25) is 14.5 Å². The highest BCUT2D eigenvalue weighted by Gasteiger charge is 2.23. The molecule has 5 nitrogen and oxygen atoms in total. The normalized spacial score (nSPS) is 14.1. The van der Waals surface area contributed by atoms with Gasteiger partial charge in [0.1, 0.15) is 11.6 Å². The molecule has 0 unspecified atom stereocenters. The fraction of sp³-hybridized carbons (Fsp3) is 0.238. The van der Waals surface area contributed by atoms with Crippen LogP contribution in [0.1, 0.15) is 16.8 Å². The van der Waals surface area contributed by atoms with E-state index >= 15 is 0 Å². The molecule has 2 N–H and O–H groups in total. The number of amides is 1. The van der Waals surface area contributed by atoms with Crippen LogP contribution in [0.5, 0.6) is 0 Å². The van der Waals surface area contributed by atoms with Crippen LogP contribution < -0.4 is 10.7 Å². The minimum atomic E-state index is -0.697. The van der Waals surface area contributed by atoms with E-state index in [0.717, 1.165) is 35.0 Å². The summed E-state index contributed by atoms with van der Waals surface area (Å²) in [6.45, 7) is 2.83. The molecule has 3 aromatic rings.